The molecule has 16 heavy (non-hydrogen) atoms. The molecular formula is C10H5ClFN3S. The highest BCUT2D eigenvalue weighted by molar-refractivity contribution is 7.14. The summed E-state index contributed by atoms with van der Waals surface area (Å²) in [6.07, 6.45) is 1.79. The highest BCUT2D eigenvalue weighted by Crippen LogP contribution is 2.25. The smallest absolute Gasteiger partial charge is 0.212 e. The van der Waals surface area contributed by atoms with Crippen molar-refractivity contribution in [1.29, 1.82) is 0 Å². The third-order valence-electron chi connectivity index (χ3n) is 2.20. The van der Waals surface area contributed by atoms with Crippen LogP contribution in [0.5, 0.6) is 0 Å². The van der Waals surface area contributed by atoms with Crippen molar-refractivity contribution in [2.45, 2.75) is 0 Å². The van der Waals surface area contributed by atoms with Gasteiger partial charge in [0.2, 0.25) is 4.96 Å². The Hall–Kier alpha value is -1.46. The molecule has 0 fully saturated rings. The summed E-state index contributed by atoms with van der Waals surface area (Å²) in [5.74, 6) is -0.426. The molecule has 0 spiro atoms. The second kappa shape index (κ2) is 3.54. The summed E-state index contributed by atoms with van der Waals surface area (Å²) >= 11 is 7.16. The Morgan fingerprint density at radius 1 is 1.38 bits per heavy atom. The molecule has 2 heterocycles. The summed E-state index contributed by atoms with van der Waals surface area (Å²) in [5, 5.41) is 4.17. The Morgan fingerprint density at radius 2 is 2.25 bits per heavy atom. The van der Waals surface area contributed by atoms with E-state index >= 15 is 0 Å². The molecule has 0 bridgehead atoms. The van der Waals surface area contributed by atoms with Gasteiger partial charge < -0.3 is 0 Å². The van der Waals surface area contributed by atoms with Crippen LogP contribution in [0.1, 0.15) is 0 Å². The number of imidazole rings is 1. The standard InChI is InChI=1S/C10H5ClFN3S/c11-7-3-6(1-2-8(7)12)9-4-15-10(14-9)16-5-13-15/h1-5H. The van der Waals surface area contributed by atoms with E-state index in [1.165, 1.54) is 17.4 Å². The maximum absolute atomic E-state index is 13.0. The number of hydrogen-bond acceptors (Lipinski definition) is 3. The lowest BCUT2D eigenvalue weighted by Crippen LogP contribution is -1.81. The van der Waals surface area contributed by atoms with Gasteiger partial charge in [-0.05, 0) is 18.2 Å². The lowest BCUT2D eigenvalue weighted by molar-refractivity contribution is 0.628. The van der Waals surface area contributed by atoms with Gasteiger partial charge >= 0.3 is 0 Å². The maximum atomic E-state index is 13.0. The minimum atomic E-state index is -0.426. The van der Waals surface area contributed by atoms with Crippen LogP contribution in [0, 0.1) is 5.82 Å². The highest BCUT2D eigenvalue weighted by Gasteiger charge is 2.08. The van der Waals surface area contributed by atoms with Crippen molar-refractivity contribution in [1.82, 2.24) is 14.6 Å². The molecule has 0 saturated heterocycles. The number of rotatable bonds is 1. The molecule has 3 rings (SSSR count). The molecule has 0 saturated carbocycles. The topological polar surface area (TPSA) is 30.2 Å². The molecule has 0 aliphatic heterocycles. The number of nitrogens with zero attached hydrogens (tertiary/aromatic N) is 3. The molecule has 0 N–H and O–H groups in total. The summed E-state index contributed by atoms with van der Waals surface area (Å²) in [4.78, 5) is 5.15. The van der Waals surface area contributed by atoms with Crippen LogP contribution in [0.2, 0.25) is 5.02 Å². The fourth-order valence-corrected chi connectivity index (χ4v) is 2.22. The normalized spacial score (nSPS) is 11.1. The second-order valence-corrected chi connectivity index (χ2v) is 4.44. The average Bonchev–Trinajstić information content (AvgIpc) is 2.81. The monoisotopic (exact) mass is 253 g/mol. The predicted molar refractivity (Wildman–Crippen MR) is 61.3 cm³/mol. The molecular weight excluding hydrogens is 249 g/mol. The summed E-state index contributed by atoms with van der Waals surface area (Å²) in [6, 6.07) is 4.54. The number of hydrogen-bond donors (Lipinski definition) is 0. The lowest BCUT2D eigenvalue weighted by Gasteiger charge is -1.97. The predicted octanol–water partition coefficient (Wildman–Crippen LogP) is 3.25. The molecule has 3 nitrogen and oxygen atoms in total. The molecule has 2 aromatic heterocycles. The van der Waals surface area contributed by atoms with Gasteiger partial charge in [-0.2, -0.15) is 5.10 Å². The van der Waals surface area contributed by atoms with Gasteiger partial charge in [0.05, 0.1) is 16.9 Å². The fraction of sp³-hybridized carbons (Fsp3) is 0. The van der Waals surface area contributed by atoms with Crippen LogP contribution in [0.4, 0.5) is 4.39 Å². The zero-order chi connectivity index (χ0) is 11.1. The van der Waals surface area contributed by atoms with Crippen LogP contribution in [0.15, 0.2) is 29.9 Å². The van der Waals surface area contributed by atoms with Crippen molar-refractivity contribution in [3.8, 4) is 11.3 Å². The molecule has 0 amide bonds. The average molecular weight is 254 g/mol. The van der Waals surface area contributed by atoms with E-state index < -0.39 is 5.82 Å². The Morgan fingerprint density at radius 3 is 3.00 bits per heavy atom. The lowest BCUT2D eigenvalue weighted by atomic mass is 10.2. The van der Waals surface area contributed by atoms with Crippen LogP contribution >= 0.6 is 22.9 Å². The van der Waals surface area contributed by atoms with Crippen molar-refractivity contribution in [2.24, 2.45) is 0 Å². The van der Waals surface area contributed by atoms with Gasteiger partial charge in [-0.15, -0.1) is 0 Å². The first kappa shape index (κ1) is 9.74. The first-order valence-electron chi connectivity index (χ1n) is 4.48. The minimum absolute atomic E-state index is 0.0989. The van der Waals surface area contributed by atoms with Crippen LogP contribution in [-0.4, -0.2) is 14.6 Å². The van der Waals surface area contributed by atoms with Crippen LogP contribution in [0.25, 0.3) is 16.2 Å². The Bertz CT molecular complexity index is 632. The molecule has 3 aromatic rings. The second-order valence-electron chi connectivity index (χ2n) is 3.22. The number of fused-ring (bicyclic) bond motifs is 1. The van der Waals surface area contributed by atoms with Gasteiger partial charge in [-0.3, -0.25) is 0 Å². The van der Waals surface area contributed by atoms with E-state index in [1.54, 1.807) is 28.4 Å². The summed E-state index contributed by atoms with van der Waals surface area (Å²) in [7, 11) is 0. The summed E-state index contributed by atoms with van der Waals surface area (Å²) in [6.45, 7) is 0. The third-order valence-corrected chi connectivity index (χ3v) is 3.18. The maximum Gasteiger partial charge on any atom is 0.212 e. The Labute approximate surface area is 99.1 Å². The zero-order valence-electron chi connectivity index (χ0n) is 7.89. The van der Waals surface area contributed by atoms with Crippen molar-refractivity contribution in [3.05, 3.63) is 40.7 Å². The molecule has 0 radical (unpaired) electrons. The Balaban J connectivity index is 2.15. The number of aromatic nitrogens is 3. The van der Waals surface area contributed by atoms with E-state index in [1.807, 2.05) is 0 Å². The van der Waals surface area contributed by atoms with Crippen molar-refractivity contribution in [2.75, 3.05) is 0 Å². The van der Waals surface area contributed by atoms with Gasteiger partial charge in [0.15, 0.2) is 0 Å². The molecule has 0 atom stereocenters. The zero-order valence-corrected chi connectivity index (χ0v) is 9.46. The Kier molecular flexibility index (Phi) is 2.15. The van der Waals surface area contributed by atoms with Gasteiger partial charge in [-0.25, -0.2) is 13.9 Å². The number of benzene rings is 1. The molecule has 0 unspecified atom stereocenters. The molecule has 1 aromatic carbocycles. The SMILES string of the molecule is Fc1ccc(-c2cn3ncsc3n2)cc1Cl. The van der Waals surface area contributed by atoms with Gasteiger partial charge in [-0.1, -0.05) is 22.9 Å². The van der Waals surface area contributed by atoms with Crippen molar-refractivity contribution in [3.63, 3.8) is 0 Å². The molecule has 80 valence electrons. The van der Waals surface area contributed by atoms with Crippen molar-refractivity contribution >= 4 is 27.9 Å². The van der Waals surface area contributed by atoms with Crippen LogP contribution in [-0.2, 0) is 0 Å². The van der Waals surface area contributed by atoms with E-state index in [0.717, 1.165) is 16.2 Å². The number of halogens is 2. The minimum Gasteiger partial charge on any atom is -0.217 e. The molecule has 0 aliphatic carbocycles. The summed E-state index contributed by atoms with van der Waals surface area (Å²) in [5.41, 5.74) is 3.23. The first-order valence-corrected chi connectivity index (χ1v) is 5.74. The highest BCUT2D eigenvalue weighted by atomic mass is 35.5. The van der Waals surface area contributed by atoms with E-state index in [-0.39, 0.29) is 5.02 Å². The van der Waals surface area contributed by atoms with E-state index in [4.69, 9.17) is 11.6 Å². The largest absolute Gasteiger partial charge is 0.217 e. The molecule has 0 aliphatic rings. The van der Waals surface area contributed by atoms with E-state index in [2.05, 4.69) is 10.1 Å². The molecule has 6 heteroatoms. The van der Waals surface area contributed by atoms with Crippen LogP contribution in [0.3, 0.4) is 0 Å². The fourth-order valence-electron chi connectivity index (χ4n) is 1.43. The van der Waals surface area contributed by atoms with E-state index in [0.29, 0.717) is 0 Å². The quantitative estimate of drug-likeness (QED) is 0.666. The van der Waals surface area contributed by atoms with Crippen molar-refractivity contribution < 1.29 is 4.39 Å². The van der Waals surface area contributed by atoms with Crippen LogP contribution < -0.4 is 0 Å². The van der Waals surface area contributed by atoms with Gasteiger partial charge in [0.1, 0.15) is 11.3 Å². The first-order chi connectivity index (χ1) is 7.74. The van der Waals surface area contributed by atoms with Gasteiger partial charge in [0, 0.05) is 5.56 Å². The van der Waals surface area contributed by atoms with E-state index in [9.17, 15) is 4.39 Å². The third kappa shape index (κ3) is 1.48. The van der Waals surface area contributed by atoms with Gasteiger partial charge in [0.25, 0.3) is 0 Å². The summed E-state index contributed by atoms with van der Waals surface area (Å²) < 4.78 is 14.7.